The Morgan fingerprint density at radius 3 is 2.59 bits per heavy atom. The Hall–Kier alpha value is -2.51. The van der Waals surface area contributed by atoms with Gasteiger partial charge in [0.15, 0.2) is 0 Å². The predicted octanol–water partition coefficient (Wildman–Crippen LogP) is 4.79. The molecule has 0 aliphatic carbocycles. The Labute approximate surface area is 173 Å². The molecule has 0 aliphatic rings. The zero-order valence-electron chi connectivity index (χ0n) is 16.4. The first-order valence-corrected chi connectivity index (χ1v) is 11.4. The van der Waals surface area contributed by atoms with Crippen LogP contribution in [0, 0.1) is 0 Å². The maximum Gasteiger partial charge on any atom is 0.334 e. The van der Waals surface area contributed by atoms with E-state index in [9.17, 15) is 9.36 Å². The maximum absolute atomic E-state index is 12.3. The third-order valence-electron chi connectivity index (χ3n) is 4.29. The monoisotopic (exact) mass is 431 g/mol. The van der Waals surface area contributed by atoms with Crippen molar-refractivity contribution >= 4 is 36.6 Å². The molecule has 0 saturated heterocycles. The first kappa shape index (κ1) is 21.2. The summed E-state index contributed by atoms with van der Waals surface area (Å²) in [7, 11) is 1.47. The lowest BCUT2D eigenvalue weighted by atomic mass is 10.2. The Bertz CT molecular complexity index is 1030. The summed E-state index contributed by atoms with van der Waals surface area (Å²) in [5.41, 5.74) is 3.27. The van der Waals surface area contributed by atoms with Gasteiger partial charge >= 0.3 is 7.60 Å². The summed E-state index contributed by atoms with van der Waals surface area (Å²) in [6.07, 6.45) is 5.13. The van der Waals surface area contributed by atoms with Gasteiger partial charge in [0.2, 0.25) is 5.91 Å². The van der Waals surface area contributed by atoms with E-state index in [4.69, 9.17) is 9.05 Å². The van der Waals surface area contributed by atoms with E-state index in [1.54, 1.807) is 52.6 Å². The van der Waals surface area contributed by atoms with Crippen LogP contribution in [0.5, 0.6) is 0 Å². The number of anilines is 1. The van der Waals surface area contributed by atoms with Crippen LogP contribution in [0.1, 0.15) is 11.1 Å². The van der Waals surface area contributed by atoms with Gasteiger partial charge in [-0.3, -0.25) is 14.0 Å². The SMILES string of the molecule is COP(=O)(Cc1ccc(NC(=O)/C=C/c2cnn(C)c2-c2cccs2)cc1)OC. The molecule has 3 rings (SSSR count). The summed E-state index contributed by atoms with van der Waals surface area (Å²) >= 11 is 1.62. The lowest BCUT2D eigenvalue weighted by Crippen LogP contribution is -2.07. The molecular formula is C20H22N3O4PS. The normalized spacial score (nSPS) is 11.8. The van der Waals surface area contributed by atoms with E-state index >= 15 is 0 Å². The number of rotatable bonds is 8. The van der Waals surface area contributed by atoms with Gasteiger partial charge in [-0.25, -0.2) is 0 Å². The fourth-order valence-corrected chi connectivity index (χ4v) is 4.65. The fraction of sp³-hybridized carbons (Fsp3) is 0.200. The third-order valence-corrected chi connectivity index (χ3v) is 7.03. The molecule has 1 N–H and O–H groups in total. The standard InChI is InChI=1S/C20H22N3O4PS/c1-23-20(18-5-4-12-29-18)16(13-21-23)8-11-19(24)22-17-9-6-15(7-10-17)14-28(25,26-2)27-3/h4-13H,14H2,1-3H3,(H,22,24)/b11-8+. The van der Waals surface area contributed by atoms with Crippen molar-refractivity contribution in [2.75, 3.05) is 19.5 Å². The molecule has 0 unspecified atom stereocenters. The highest BCUT2D eigenvalue weighted by Crippen LogP contribution is 2.49. The number of amides is 1. The second-order valence-corrected chi connectivity index (χ2v) is 9.42. The minimum Gasteiger partial charge on any atom is -0.323 e. The molecule has 0 fully saturated rings. The van der Waals surface area contributed by atoms with Crippen molar-refractivity contribution in [2.24, 2.45) is 7.05 Å². The van der Waals surface area contributed by atoms with Crippen molar-refractivity contribution in [2.45, 2.75) is 6.16 Å². The molecular weight excluding hydrogens is 409 g/mol. The van der Waals surface area contributed by atoms with Crippen LogP contribution >= 0.6 is 18.9 Å². The second kappa shape index (κ2) is 9.33. The minimum absolute atomic E-state index is 0.167. The van der Waals surface area contributed by atoms with Crippen LogP contribution in [0.4, 0.5) is 5.69 Å². The zero-order chi connectivity index (χ0) is 20.9. The topological polar surface area (TPSA) is 82.5 Å². The summed E-state index contributed by atoms with van der Waals surface area (Å²) in [6, 6.07) is 11.1. The lowest BCUT2D eigenvalue weighted by molar-refractivity contribution is -0.111. The molecule has 0 aliphatic heterocycles. The van der Waals surface area contributed by atoms with Gasteiger partial charge in [-0.2, -0.15) is 5.10 Å². The largest absolute Gasteiger partial charge is 0.334 e. The number of hydrogen-bond acceptors (Lipinski definition) is 6. The van der Waals surface area contributed by atoms with Crippen LogP contribution in [0.15, 0.2) is 54.1 Å². The van der Waals surface area contributed by atoms with Crippen LogP contribution < -0.4 is 5.32 Å². The van der Waals surface area contributed by atoms with Crippen molar-refractivity contribution in [1.82, 2.24) is 9.78 Å². The van der Waals surface area contributed by atoms with E-state index < -0.39 is 7.60 Å². The molecule has 7 nitrogen and oxygen atoms in total. The highest BCUT2D eigenvalue weighted by atomic mass is 32.1. The molecule has 0 saturated carbocycles. The van der Waals surface area contributed by atoms with Crippen molar-refractivity contribution in [3.05, 3.63) is 65.2 Å². The van der Waals surface area contributed by atoms with Gasteiger partial charge in [0.1, 0.15) is 0 Å². The quantitative estimate of drug-likeness (QED) is 0.410. The smallest absolute Gasteiger partial charge is 0.323 e. The molecule has 2 heterocycles. The summed E-state index contributed by atoms with van der Waals surface area (Å²) in [5, 5.41) is 9.10. The molecule has 1 amide bonds. The molecule has 0 bridgehead atoms. The van der Waals surface area contributed by atoms with Gasteiger partial charge < -0.3 is 14.4 Å². The van der Waals surface area contributed by atoms with Gasteiger partial charge in [0.25, 0.3) is 0 Å². The van der Waals surface area contributed by atoms with Crippen LogP contribution in [0.3, 0.4) is 0 Å². The van der Waals surface area contributed by atoms with Gasteiger partial charge in [0, 0.05) is 38.6 Å². The molecule has 152 valence electrons. The number of carbonyl (C=O) groups excluding carboxylic acids is 1. The molecule has 0 spiro atoms. The highest BCUT2D eigenvalue weighted by Gasteiger charge is 2.21. The second-order valence-electron chi connectivity index (χ2n) is 6.20. The van der Waals surface area contributed by atoms with Crippen molar-refractivity contribution in [1.29, 1.82) is 0 Å². The zero-order valence-corrected chi connectivity index (χ0v) is 18.1. The summed E-state index contributed by atoms with van der Waals surface area (Å²) in [6.45, 7) is 0. The van der Waals surface area contributed by atoms with Gasteiger partial charge in [-0.1, -0.05) is 18.2 Å². The third kappa shape index (κ3) is 5.31. The van der Waals surface area contributed by atoms with Crippen LogP contribution in [0.2, 0.25) is 0 Å². The average molecular weight is 431 g/mol. The van der Waals surface area contributed by atoms with Crippen LogP contribution in [0.25, 0.3) is 16.6 Å². The summed E-state index contributed by atoms with van der Waals surface area (Å²) < 4.78 is 23.9. The first-order valence-electron chi connectivity index (χ1n) is 8.78. The minimum atomic E-state index is -3.12. The van der Waals surface area contributed by atoms with E-state index in [-0.39, 0.29) is 12.1 Å². The van der Waals surface area contributed by atoms with Gasteiger partial charge in [-0.05, 0) is 35.2 Å². The van der Waals surface area contributed by atoms with E-state index in [2.05, 4.69) is 10.4 Å². The van der Waals surface area contributed by atoms with Crippen molar-refractivity contribution in [3.8, 4) is 10.6 Å². The number of thiophene rings is 1. The predicted molar refractivity (Wildman–Crippen MR) is 116 cm³/mol. The number of hydrogen-bond donors (Lipinski definition) is 1. The maximum atomic E-state index is 12.3. The summed E-state index contributed by atoms with van der Waals surface area (Å²) in [5.74, 6) is -0.252. The molecule has 1 aromatic carbocycles. The number of nitrogens with zero attached hydrogens (tertiary/aromatic N) is 2. The number of benzene rings is 1. The van der Waals surface area contributed by atoms with Crippen LogP contribution in [-0.2, 0) is 31.6 Å². The van der Waals surface area contributed by atoms with E-state index in [0.29, 0.717) is 5.69 Å². The van der Waals surface area contributed by atoms with Gasteiger partial charge in [-0.15, -0.1) is 11.3 Å². The first-order chi connectivity index (χ1) is 13.9. The highest BCUT2D eigenvalue weighted by molar-refractivity contribution is 7.52. The fourth-order valence-electron chi connectivity index (χ4n) is 2.76. The Balaban J connectivity index is 1.65. The van der Waals surface area contributed by atoms with E-state index in [0.717, 1.165) is 21.7 Å². The van der Waals surface area contributed by atoms with Crippen LogP contribution in [-0.4, -0.2) is 29.9 Å². The van der Waals surface area contributed by atoms with Crippen molar-refractivity contribution in [3.63, 3.8) is 0 Å². The molecule has 0 atom stereocenters. The Morgan fingerprint density at radius 2 is 1.97 bits per heavy atom. The molecule has 2 aromatic heterocycles. The Morgan fingerprint density at radius 1 is 1.24 bits per heavy atom. The molecule has 0 radical (unpaired) electrons. The van der Waals surface area contributed by atoms with E-state index in [1.165, 1.54) is 20.3 Å². The number of carbonyl (C=O) groups is 1. The summed E-state index contributed by atoms with van der Waals surface area (Å²) in [4.78, 5) is 13.4. The van der Waals surface area contributed by atoms with E-state index in [1.807, 2.05) is 24.6 Å². The van der Waals surface area contributed by atoms with Gasteiger partial charge in [0.05, 0.1) is 22.9 Å². The van der Waals surface area contributed by atoms with Crippen molar-refractivity contribution < 1.29 is 18.4 Å². The number of aromatic nitrogens is 2. The molecule has 9 heteroatoms. The molecule has 29 heavy (non-hydrogen) atoms. The lowest BCUT2D eigenvalue weighted by Gasteiger charge is -2.13. The number of nitrogens with one attached hydrogen (secondary N) is 1. The average Bonchev–Trinajstić information content (AvgIpc) is 3.37. The molecule has 3 aromatic rings. The Kier molecular flexibility index (Phi) is 6.82. The number of aryl methyl sites for hydroxylation is 1.